The lowest BCUT2D eigenvalue weighted by Crippen LogP contribution is -2.01. The number of rotatable bonds is 1. The topological polar surface area (TPSA) is 21.6 Å². The molecular formula is C10H10ClNO. The van der Waals surface area contributed by atoms with Gasteiger partial charge in [-0.15, -0.1) is 0 Å². The van der Waals surface area contributed by atoms with Crippen LogP contribution in [0.1, 0.15) is 11.1 Å². The first-order chi connectivity index (χ1) is 6.27. The standard InChI is InChI=1S/C10H10ClNO/c1-7-2-3-8(9(11)6-7)10-12-4-5-13-10/h2-3,6H,4-5H2,1H3. The van der Waals surface area contributed by atoms with Crippen molar-refractivity contribution >= 4 is 17.5 Å². The van der Waals surface area contributed by atoms with Crippen LogP contribution in [0.2, 0.25) is 5.02 Å². The zero-order chi connectivity index (χ0) is 9.26. The molecule has 0 aromatic heterocycles. The third-order valence-electron chi connectivity index (χ3n) is 1.94. The van der Waals surface area contributed by atoms with Crippen molar-refractivity contribution in [1.29, 1.82) is 0 Å². The zero-order valence-corrected chi connectivity index (χ0v) is 8.14. The summed E-state index contributed by atoms with van der Waals surface area (Å²) in [6.07, 6.45) is 0. The van der Waals surface area contributed by atoms with Gasteiger partial charge in [0.2, 0.25) is 5.90 Å². The number of aryl methyl sites for hydroxylation is 1. The van der Waals surface area contributed by atoms with Crippen LogP contribution in [0.5, 0.6) is 0 Å². The fourth-order valence-electron chi connectivity index (χ4n) is 1.29. The van der Waals surface area contributed by atoms with Crippen LogP contribution >= 0.6 is 11.6 Å². The summed E-state index contributed by atoms with van der Waals surface area (Å²) in [7, 11) is 0. The Labute approximate surface area is 82.2 Å². The molecule has 0 amide bonds. The smallest absolute Gasteiger partial charge is 0.217 e. The molecule has 2 nitrogen and oxygen atoms in total. The molecule has 0 saturated heterocycles. The minimum atomic E-state index is 0.666. The Balaban J connectivity index is 2.40. The van der Waals surface area contributed by atoms with Crippen molar-refractivity contribution in [3.63, 3.8) is 0 Å². The number of hydrogen-bond acceptors (Lipinski definition) is 2. The Kier molecular flexibility index (Phi) is 2.23. The van der Waals surface area contributed by atoms with Gasteiger partial charge in [0.1, 0.15) is 6.61 Å². The van der Waals surface area contributed by atoms with Gasteiger partial charge >= 0.3 is 0 Å². The molecule has 0 saturated carbocycles. The first-order valence-electron chi connectivity index (χ1n) is 4.21. The SMILES string of the molecule is Cc1ccc(C2=NCCO2)c(Cl)c1. The summed E-state index contributed by atoms with van der Waals surface area (Å²) in [6.45, 7) is 3.41. The van der Waals surface area contributed by atoms with Crippen molar-refractivity contribution in [2.45, 2.75) is 6.92 Å². The molecule has 1 aromatic rings. The summed E-state index contributed by atoms with van der Waals surface area (Å²) in [5, 5.41) is 0.709. The second-order valence-electron chi connectivity index (χ2n) is 3.02. The van der Waals surface area contributed by atoms with Gasteiger partial charge in [0.25, 0.3) is 0 Å². The summed E-state index contributed by atoms with van der Waals surface area (Å²) < 4.78 is 5.33. The maximum Gasteiger partial charge on any atom is 0.217 e. The van der Waals surface area contributed by atoms with E-state index >= 15 is 0 Å². The normalized spacial score (nSPS) is 15.4. The zero-order valence-electron chi connectivity index (χ0n) is 7.38. The number of hydrogen-bond donors (Lipinski definition) is 0. The highest BCUT2D eigenvalue weighted by Gasteiger charge is 2.13. The van der Waals surface area contributed by atoms with Crippen LogP contribution in [0.3, 0.4) is 0 Å². The first-order valence-corrected chi connectivity index (χ1v) is 4.59. The second kappa shape index (κ2) is 3.38. The van der Waals surface area contributed by atoms with Gasteiger partial charge in [-0.05, 0) is 24.6 Å². The van der Waals surface area contributed by atoms with Gasteiger partial charge in [0, 0.05) is 0 Å². The molecule has 2 rings (SSSR count). The minimum absolute atomic E-state index is 0.666. The van der Waals surface area contributed by atoms with E-state index in [1.165, 1.54) is 0 Å². The van der Waals surface area contributed by atoms with Crippen LogP contribution in [0, 0.1) is 6.92 Å². The number of benzene rings is 1. The highest BCUT2D eigenvalue weighted by atomic mass is 35.5. The van der Waals surface area contributed by atoms with Gasteiger partial charge in [-0.1, -0.05) is 17.7 Å². The largest absolute Gasteiger partial charge is 0.475 e. The molecule has 13 heavy (non-hydrogen) atoms. The van der Waals surface area contributed by atoms with Gasteiger partial charge in [0.05, 0.1) is 17.1 Å². The average Bonchev–Trinajstić information content (AvgIpc) is 2.56. The Hall–Kier alpha value is -1.02. The lowest BCUT2D eigenvalue weighted by atomic mass is 10.1. The number of nitrogens with zero attached hydrogens (tertiary/aromatic N) is 1. The van der Waals surface area contributed by atoms with Gasteiger partial charge in [-0.25, -0.2) is 4.99 Å². The molecule has 0 atom stereocenters. The fourth-order valence-corrected chi connectivity index (χ4v) is 1.61. The van der Waals surface area contributed by atoms with Crippen LogP contribution in [0.4, 0.5) is 0 Å². The number of ether oxygens (including phenoxy) is 1. The lowest BCUT2D eigenvalue weighted by Gasteiger charge is -2.04. The van der Waals surface area contributed by atoms with E-state index in [4.69, 9.17) is 16.3 Å². The van der Waals surface area contributed by atoms with Gasteiger partial charge < -0.3 is 4.74 Å². The van der Waals surface area contributed by atoms with Crippen molar-refractivity contribution in [2.75, 3.05) is 13.2 Å². The first kappa shape index (κ1) is 8.57. The molecule has 1 aliphatic rings. The third kappa shape index (κ3) is 1.68. The van der Waals surface area contributed by atoms with Crippen molar-refractivity contribution < 1.29 is 4.74 Å². The third-order valence-corrected chi connectivity index (χ3v) is 2.25. The Morgan fingerprint density at radius 2 is 2.31 bits per heavy atom. The van der Waals surface area contributed by atoms with Crippen LogP contribution in [-0.4, -0.2) is 19.0 Å². The molecule has 68 valence electrons. The molecule has 3 heteroatoms. The van der Waals surface area contributed by atoms with E-state index in [-0.39, 0.29) is 0 Å². The van der Waals surface area contributed by atoms with Crippen LogP contribution in [0.25, 0.3) is 0 Å². The summed E-state index contributed by atoms with van der Waals surface area (Å²) in [5.41, 5.74) is 2.04. The molecule has 0 fully saturated rings. The minimum Gasteiger partial charge on any atom is -0.475 e. The number of aliphatic imine (C=N–C) groups is 1. The summed E-state index contributed by atoms with van der Waals surface area (Å²) in [4.78, 5) is 4.21. The van der Waals surface area contributed by atoms with Crippen LogP contribution in [-0.2, 0) is 4.74 Å². The van der Waals surface area contributed by atoms with E-state index in [1.54, 1.807) is 0 Å². The number of halogens is 1. The van der Waals surface area contributed by atoms with Crippen molar-refractivity contribution in [3.05, 3.63) is 34.3 Å². The van der Waals surface area contributed by atoms with Gasteiger partial charge in [0.15, 0.2) is 0 Å². The maximum absolute atomic E-state index is 6.05. The summed E-state index contributed by atoms with van der Waals surface area (Å²) in [5.74, 6) is 0.671. The molecule has 0 bridgehead atoms. The van der Waals surface area contributed by atoms with E-state index in [0.29, 0.717) is 17.5 Å². The van der Waals surface area contributed by atoms with E-state index < -0.39 is 0 Å². The molecular weight excluding hydrogens is 186 g/mol. The Morgan fingerprint density at radius 3 is 2.92 bits per heavy atom. The molecule has 1 aromatic carbocycles. The van der Waals surface area contributed by atoms with Crippen molar-refractivity contribution in [2.24, 2.45) is 4.99 Å². The molecule has 0 N–H and O–H groups in total. The van der Waals surface area contributed by atoms with Crippen molar-refractivity contribution in [3.8, 4) is 0 Å². The monoisotopic (exact) mass is 195 g/mol. The second-order valence-corrected chi connectivity index (χ2v) is 3.43. The van der Waals surface area contributed by atoms with E-state index in [1.807, 2.05) is 25.1 Å². The molecule has 0 radical (unpaired) electrons. The molecule has 0 unspecified atom stereocenters. The van der Waals surface area contributed by atoms with E-state index in [0.717, 1.165) is 17.7 Å². The van der Waals surface area contributed by atoms with Crippen LogP contribution in [0.15, 0.2) is 23.2 Å². The lowest BCUT2D eigenvalue weighted by molar-refractivity contribution is 0.348. The molecule has 0 spiro atoms. The van der Waals surface area contributed by atoms with Gasteiger partial charge in [-0.3, -0.25) is 0 Å². The summed E-state index contributed by atoms with van der Waals surface area (Å²) in [6, 6.07) is 5.87. The highest BCUT2D eigenvalue weighted by molar-refractivity contribution is 6.33. The maximum atomic E-state index is 6.05. The van der Waals surface area contributed by atoms with Crippen molar-refractivity contribution in [1.82, 2.24) is 0 Å². The molecule has 1 aliphatic heterocycles. The Bertz CT molecular complexity index is 360. The van der Waals surface area contributed by atoms with E-state index in [9.17, 15) is 0 Å². The van der Waals surface area contributed by atoms with Crippen LogP contribution < -0.4 is 0 Å². The predicted octanol–water partition coefficient (Wildman–Crippen LogP) is 2.43. The predicted molar refractivity (Wildman–Crippen MR) is 53.5 cm³/mol. The molecule has 0 aliphatic carbocycles. The fraction of sp³-hybridized carbons (Fsp3) is 0.300. The van der Waals surface area contributed by atoms with E-state index in [2.05, 4.69) is 4.99 Å². The molecule has 1 heterocycles. The average molecular weight is 196 g/mol. The Morgan fingerprint density at radius 1 is 1.46 bits per heavy atom. The highest BCUT2D eigenvalue weighted by Crippen LogP contribution is 2.20. The quantitative estimate of drug-likeness (QED) is 0.675. The summed E-state index contributed by atoms with van der Waals surface area (Å²) >= 11 is 6.05. The van der Waals surface area contributed by atoms with Gasteiger partial charge in [-0.2, -0.15) is 0 Å².